The molecule has 0 heterocycles. The van der Waals surface area contributed by atoms with E-state index < -0.39 is 28.7 Å². The Labute approximate surface area is 80.4 Å². The summed E-state index contributed by atoms with van der Waals surface area (Å²) in [7, 11) is -5.29. The zero-order valence-corrected chi connectivity index (χ0v) is 8.40. The maximum absolute atomic E-state index is 12.0. The Bertz CT molecular complexity index is 256. The molecule has 0 amide bonds. The van der Waals surface area contributed by atoms with Crippen LogP contribution < -0.4 is 0 Å². The summed E-state index contributed by atoms with van der Waals surface area (Å²) in [6, 6.07) is 0. The standard InChI is InChI=1S/C6H12F3NO3S/c1-2-3-10(4-5-11)14(12,13)6(7,8)9/h11H,2-5H2,1H3. The highest BCUT2D eigenvalue weighted by atomic mass is 32.2. The fourth-order valence-electron chi connectivity index (χ4n) is 0.859. The van der Waals surface area contributed by atoms with E-state index in [1.54, 1.807) is 6.92 Å². The Morgan fingerprint density at radius 3 is 2.07 bits per heavy atom. The van der Waals surface area contributed by atoms with Crippen molar-refractivity contribution in [3.63, 3.8) is 0 Å². The fourth-order valence-corrected chi connectivity index (χ4v) is 1.90. The SMILES string of the molecule is CCCN(CCO)S(=O)(=O)C(F)(F)F. The average Bonchev–Trinajstić information content (AvgIpc) is 2.02. The second kappa shape index (κ2) is 4.94. The molecule has 0 bridgehead atoms. The number of hydrogen-bond donors (Lipinski definition) is 1. The van der Waals surface area contributed by atoms with Crippen molar-refractivity contribution in [3.8, 4) is 0 Å². The lowest BCUT2D eigenvalue weighted by atomic mass is 10.5. The van der Waals surface area contributed by atoms with Crippen LogP contribution in [0, 0.1) is 0 Å². The van der Waals surface area contributed by atoms with Crippen LogP contribution in [0.2, 0.25) is 0 Å². The van der Waals surface area contributed by atoms with Gasteiger partial charge in [-0.2, -0.15) is 17.5 Å². The minimum atomic E-state index is -5.29. The van der Waals surface area contributed by atoms with E-state index in [-0.39, 0.29) is 17.3 Å². The fraction of sp³-hybridized carbons (Fsp3) is 1.00. The molecule has 4 nitrogen and oxygen atoms in total. The van der Waals surface area contributed by atoms with Crippen molar-refractivity contribution in [2.45, 2.75) is 18.9 Å². The first-order chi connectivity index (χ1) is 6.27. The predicted octanol–water partition coefficient (Wildman–Crippen LogP) is 0.540. The molecule has 86 valence electrons. The second-order valence-electron chi connectivity index (χ2n) is 2.57. The largest absolute Gasteiger partial charge is 0.511 e. The van der Waals surface area contributed by atoms with Gasteiger partial charge < -0.3 is 5.11 Å². The maximum Gasteiger partial charge on any atom is 0.511 e. The third-order valence-corrected chi connectivity index (χ3v) is 3.08. The van der Waals surface area contributed by atoms with E-state index in [1.165, 1.54) is 0 Å². The summed E-state index contributed by atoms with van der Waals surface area (Å²) >= 11 is 0. The minimum Gasteiger partial charge on any atom is -0.395 e. The van der Waals surface area contributed by atoms with Gasteiger partial charge in [-0.1, -0.05) is 6.92 Å². The van der Waals surface area contributed by atoms with Gasteiger partial charge in [0.05, 0.1) is 6.61 Å². The molecule has 0 atom stereocenters. The van der Waals surface area contributed by atoms with Gasteiger partial charge in [0.15, 0.2) is 0 Å². The van der Waals surface area contributed by atoms with E-state index >= 15 is 0 Å². The zero-order valence-electron chi connectivity index (χ0n) is 7.58. The topological polar surface area (TPSA) is 57.6 Å². The molecule has 1 N–H and O–H groups in total. The van der Waals surface area contributed by atoms with Crippen molar-refractivity contribution in [2.75, 3.05) is 19.7 Å². The molecule has 14 heavy (non-hydrogen) atoms. The third kappa shape index (κ3) is 3.10. The molecule has 0 radical (unpaired) electrons. The summed E-state index contributed by atoms with van der Waals surface area (Å²) in [4.78, 5) is 0. The molecule has 0 rings (SSSR count). The van der Waals surface area contributed by atoms with Crippen molar-refractivity contribution >= 4 is 10.0 Å². The number of hydrogen-bond acceptors (Lipinski definition) is 3. The van der Waals surface area contributed by atoms with Crippen molar-refractivity contribution in [3.05, 3.63) is 0 Å². The van der Waals surface area contributed by atoms with Crippen LogP contribution in [0.4, 0.5) is 13.2 Å². The van der Waals surface area contributed by atoms with Crippen LogP contribution in [0.5, 0.6) is 0 Å². The summed E-state index contributed by atoms with van der Waals surface area (Å²) in [5.41, 5.74) is -5.29. The third-order valence-electron chi connectivity index (χ3n) is 1.45. The average molecular weight is 235 g/mol. The van der Waals surface area contributed by atoms with E-state index in [1.807, 2.05) is 0 Å². The van der Waals surface area contributed by atoms with E-state index in [4.69, 9.17) is 5.11 Å². The van der Waals surface area contributed by atoms with Crippen molar-refractivity contribution in [1.29, 1.82) is 0 Å². The molecule has 8 heteroatoms. The molecular formula is C6H12F3NO3S. The molecule has 0 spiro atoms. The highest BCUT2D eigenvalue weighted by Gasteiger charge is 2.49. The molecule has 0 fully saturated rings. The number of halogens is 3. The number of sulfonamides is 1. The lowest BCUT2D eigenvalue weighted by Crippen LogP contribution is -2.42. The first kappa shape index (κ1) is 13.7. The Morgan fingerprint density at radius 1 is 1.29 bits per heavy atom. The van der Waals surface area contributed by atoms with Gasteiger partial charge in [0.2, 0.25) is 0 Å². The molecule has 0 aromatic heterocycles. The molecule has 0 aliphatic heterocycles. The Morgan fingerprint density at radius 2 is 1.79 bits per heavy atom. The molecular weight excluding hydrogens is 223 g/mol. The monoisotopic (exact) mass is 235 g/mol. The number of aliphatic hydroxyl groups is 1. The van der Waals surface area contributed by atoms with Crippen molar-refractivity contribution in [2.24, 2.45) is 0 Å². The molecule has 0 aromatic carbocycles. The normalized spacial score (nSPS) is 13.6. The van der Waals surface area contributed by atoms with Gasteiger partial charge >= 0.3 is 15.5 Å². The second-order valence-corrected chi connectivity index (χ2v) is 4.50. The Balaban J connectivity index is 4.81. The van der Waals surface area contributed by atoms with E-state index in [0.717, 1.165) is 0 Å². The smallest absolute Gasteiger partial charge is 0.395 e. The molecule has 0 aliphatic rings. The lowest BCUT2D eigenvalue weighted by Gasteiger charge is -2.21. The van der Waals surface area contributed by atoms with Crippen LogP contribution >= 0.6 is 0 Å². The van der Waals surface area contributed by atoms with Crippen molar-refractivity contribution in [1.82, 2.24) is 4.31 Å². The van der Waals surface area contributed by atoms with Gasteiger partial charge in [0, 0.05) is 13.1 Å². The van der Waals surface area contributed by atoms with Crippen LogP contribution in [0.3, 0.4) is 0 Å². The summed E-state index contributed by atoms with van der Waals surface area (Å²) in [6.45, 7) is 0.143. The quantitative estimate of drug-likeness (QED) is 0.756. The molecule has 0 aromatic rings. The van der Waals surface area contributed by atoms with Crippen molar-refractivity contribution < 1.29 is 26.7 Å². The van der Waals surface area contributed by atoms with Crippen LogP contribution in [0.15, 0.2) is 0 Å². The van der Waals surface area contributed by atoms with E-state index in [9.17, 15) is 21.6 Å². The summed E-state index contributed by atoms with van der Waals surface area (Å²) in [5, 5.41) is 8.42. The highest BCUT2D eigenvalue weighted by Crippen LogP contribution is 2.26. The van der Waals surface area contributed by atoms with Gasteiger partial charge in [-0.05, 0) is 6.42 Å². The maximum atomic E-state index is 12.0. The summed E-state index contributed by atoms with van der Waals surface area (Å²) in [5.74, 6) is 0. The van der Waals surface area contributed by atoms with E-state index in [2.05, 4.69) is 0 Å². The predicted molar refractivity (Wildman–Crippen MR) is 43.9 cm³/mol. The van der Waals surface area contributed by atoms with E-state index in [0.29, 0.717) is 0 Å². The minimum absolute atomic E-state index is 0.229. The Kier molecular flexibility index (Phi) is 4.82. The first-order valence-corrected chi connectivity index (χ1v) is 5.38. The van der Waals surface area contributed by atoms with Crippen LogP contribution in [-0.4, -0.2) is 43.0 Å². The van der Waals surface area contributed by atoms with Crippen LogP contribution in [-0.2, 0) is 10.0 Å². The van der Waals surface area contributed by atoms with Crippen LogP contribution in [0.25, 0.3) is 0 Å². The highest BCUT2D eigenvalue weighted by molar-refractivity contribution is 7.90. The summed E-state index contributed by atoms with van der Waals surface area (Å²) in [6.07, 6.45) is 0.259. The van der Waals surface area contributed by atoms with Gasteiger partial charge in [-0.15, -0.1) is 0 Å². The number of alkyl halides is 3. The molecule has 0 saturated carbocycles. The molecule has 0 aliphatic carbocycles. The molecule has 0 unspecified atom stereocenters. The number of nitrogens with zero attached hydrogens (tertiary/aromatic N) is 1. The van der Waals surface area contributed by atoms with Gasteiger partial charge in [0.1, 0.15) is 0 Å². The molecule has 0 saturated heterocycles. The summed E-state index contributed by atoms with van der Waals surface area (Å²) < 4.78 is 57.9. The lowest BCUT2D eigenvalue weighted by molar-refractivity contribution is -0.0491. The first-order valence-electron chi connectivity index (χ1n) is 3.94. The van der Waals surface area contributed by atoms with Crippen LogP contribution in [0.1, 0.15) is 13.3 Å². The van der Waals surface area contributed by atoms with Gasteiger partial charge in [-0.25, -0.2) is 8.42 Å². The van der Waals surface area contributed by atoms with Gasteiger partial charge in [0.25, 0.3) is 0 Å². The number of rotatable bonds is 5. The zero-order chi connectivity index (χ0) is 11.4. The van der Waals surface area contributed by atoms with Gasteiger partial charge in [-0.3, -0.25) is 0 Å². The Hall–Kier alpha value is -0.340. The number of aliphatic hydroxyl groups excluding tert-OH is 1.